The SMILES string of the molecule is O=C(OCc1cc(=O)n2ccccc2n1)c1ccccc1OC[C@@H]1CCCO1. The molecule has 0 saturated carbocycles. The molecule has 1 aromatic carbocycles. The van der Waals surface area contributed by atoms with Crippen molar-refractivity contribution in [3.63, 3.8) is 0 Å². The van der Waals surface area contributed by atoms with Gasteiger partial charge < -0.3 is 14.2 Å². The Kier molecular flexibility index (Phi) is 5.34. The minimum absolute atomic E-state index is 0.0545. The molecule has 0 unspecified atom stereocenters. The molecule has 4 rings (SSSR count). The third-order valence-corrected chi connectivity index (χ3v) is 4.53. The molecule has 0 N–H and O–H groups in total. The molecule has 28 heavy (non-hydrogen) atoms. The van der Waals surface area contributed by atoms with E-state index in [0.717, 1.165) is 19.4 Å². The Morgan fingerprint density at radius 2 is 2.07 bits per heavy atom. The second-order valence-electron chi connectivity index (χ2n) is 6.53. The summed E-state index contributed by atoms with van der Waals surface area (Å²) in [4.78, 5) is 29.0. The fourth-order valence-electron chi connectivity index (χ4n) is 3.11. The number of ether oxygens (including phenoxy) is 3. The standard InChI is InChI=1S/C21H20N2O5/c24-20-12-15(22-19-9-3-4-10-23(19)20)13-28-21(25)17-7-1-2-8-18(17)27-14-16-6-5-11-26-16/h1-4,7-10,12,16H,5-6,11,13-14H2/t16-/m0/s1. The van der Waals surface area contributed by atoms with Crippen LogP contribution < -0.4 is 10.3 Å². The van der Waals surface area contributed by atoms with Crippen molar-refractivity contribution in [1.82, 2.24) is 9.38 Å². The highest BCUT2D eigenvalue weighted by Gasteiger charge is 2.19. The van der Waals surface area contributed by atoms with Gasteiger partial charge in [-0.15, -0.1) is 0 Å². The predicted molar refractivity (Wildman–Crippen MR) is 101 cm³/mol. The number of benzene rings is 1. The molecule has 7 heteroatoms. The first kappa shape index (κ1) is 18.2. The molecule has 1 aliphatic heterocycles. The summed E-state index contributed by atoms with van der Waals surface area (Å²) >= 11 is 0. The van der Waals surface area contributed by atoms with E-state index in [9.17, 15) is 9.59 Å². The lowest BCUT2D eigenvalue weighted by Gasteiger charge is -2.14. The molecule has 0 amide bonds. The van der Waals surface area contributed by atoms with Gasteiger partial charge in [-0.2, -0.15) is 0 Å². The number of para-hydroxylation sites is 1. The molecule has 144 valence electrons. The van der Waals surface area contributed by atoms with E-state index in [1.165, 1.54) is 10.5 Å². The molecular formula is C21H20N2O5. The van der Waals surface area contributed by atoms with E-state index in [0.29, 0.717) is 29.3 Å². The summed E-state index contributed by atoms with van der Waals surface area (Å²) in [6.07, 6.45) is 3.67. The first-order valence-electron chi connectivity index (χ1n) is 9.18. The van der Waals surface area contributed by atoms with Crippen LogP contribution in [0, 0.1) is 0 Å². The Balaban J connectivity index is 1.44. The zero-order valence-electron chi connectivity index (χ0n) is 15.2. The highest BCUT2D eigenvalue weighted by Crippen LogP contribution is 2.21. The lowest BCUT2D eigenvalue weighted by molar-refractivity contribution is 0.0450. The van der Waals surface area contributed by atoms with Crippen molar-refractivity contribution in [2.24, 2.45) is 0 Å². The van der Waals surface area contributed by atoms with Crippen LogP contribution in [0.4, 0.5) is 0 Å². The maximum atomic E-state index is 12.5. The van der Waals surface area contributed by atoms with Gasteiger partial charge in [0, 0.05) is 18.9 Å². The van der Waals surface area contributed by atoms with Crippen LogP contribution in [0.5, 0.6) is 5.75 Å². The normalized spacial score (nSPS) is 16.2. The summed E-state index contributed by atoms with van der Waals surface area (Å²) < 4.78 is 18.1. The van der Waals surface area contributed by atoms with Crippen LogP contribution in [0.1, 0.15) is 28.9 Å². The van der Waals surface area contributed by atoms with Gasteiger partial charge in [0.1, 0.15) is 30.2 Å². The van der Waals surface area contributed by atoms with E-state index < -0.39 is 5.97 Å². The largest absolute Gasteiger partial charge is 0.490 e. The maximum absolute atomic E-state index is 12.5. The Hall–Kier alpha value is -3.19. The number of nitrogens with zero attached hydrogens (tertiary/aromatic N) is 2. The molecule has 3 heterocycles. The number of carbonyl (C=O) groups is 1. The van der Waals surface area contributed by atoms with Crippen LogP contribution in [0.15, 0.2) is 59.5 Å². The number of fused-ring (bicyclic) bond motifs is 1. The Morgan fingerprint density at radius 1 is 1.21 bits per heavy atom. The van der Waals surface area contributed by atoms with E-state index in [1.807, 2.05) is 0 Å². The Bertz CT molecular complexity index is 1040. The molecule has 7 nitrogen and oxygen atoms in total. The number of rotatable bonds is 6. The van der Waals surface area contributed by atoms with Gasteiger partial charge in [-0.3, -0.25) is 9.20 Å². The molecular weight excluding hydrogens is 360 g/mol. The number of hydrogen-bond donors (Lipinski definition) is 0. The smallest absolute Gasteiger partial charge is 0.342 e. The lowest BCUT2D eigenvalue weighted by Crippen LogP contribution is -2.18. The predicted octanol–water partition coefficient (Wildman–Crippen LogP) is 2.61. The van der Waals surface area contributed by atoms with Gasteiger partial charge in [-0.25, -0.2) is 9.78 Å². The Morgan fingerprint density at radius 3 is 2.93 bits per heavy atom. The van der Waals surface area contributed by atoms with Crippen molar-refractivity contribution in [2.45, 2.75) is 25.6 Å². The van der Waals surface area contributed by atoms with Gasteiger partial charge >= 0.3 is 5.97 Å². The van der Waals surface area contributed by atoms with E-state index in [1.54, 1.807) is 48.7 Å². The average molecular weight is 380 g/mol. The van der Waals surface area contributed by atoms with Gasteiger partial charge in [-0.1, -0.05) is 18.2 Å². The molecule has 1 saturated heterocycles. The first-order chi connectivity index (χ1) is 13.7. The van der Waals surface area contributed by atoms with Crippen molar-refractivity contribution < 1.29 is 19.0 Å². The van der Waals surface area contributed by atoms with Gasteiger partial charge in [0.05, 0.1) is 11.8 Å². The summed E-state index contributed by atoms with van der Waals surface area (Å²) in [5.41, 5.74) is 0.999. The quantitative estimate of drug-likeness (QED) is 0.612. The minimum atomic E-state index is -0.530. The summed E-state index contributed by atoms with van der Waals surface area (Å²) in [5, 5.41) is 0. The lowest BCUT2D eigenvalue weighted by atomic mass is 10.2. The summed E-state index contributed by atoms with van der Waals surface area (Å²) in [6.45, 7) is 1.04. The molecule has 0 spiro atoms. The number of pyridine rings is 1. The number of aromatic nitrogens is 2. The zero-order chi connectivity index (χ0) is 19.3. The number of carbonyl (C=O) groups excluding carboxylic acids is 1. The topological polar surface area (TPSA) is 79.1 Å². The van der Waals surface area contributed by atoms with Crippen molar-refractivity contribution in [3.8, 4) is 5.75 Å². The average Bonchev–Trinajstić information content (AvgIpc) is 3.24. The second kappa shape index (κ2) is 8.22. The third-order valence-electron chi connectivity index (χ3n) is 4.53. The molecule has 1 aliphatic rings. The number of esters is 1. The third kappa shape index (κ3) is 4.04. The van der Waals surface area contributed by atoms with Crippen LogP contribution in [-0.4, -0.2) is 34.7 Å². The molecule has 0 aliphatic carbocycles. The monoisotopic (exact) mass is 380 g/mol. The molecule has 1 atom stereocenters. The van der Waals surface area contributed by atoms with Crippen LogP contribution in [-0.2, 0) is 16.1 Å². The van der Waals surface area contributed by atoms with Crippen molar-refractivity contribution >= 4 is 11.6 Å². The molecule has 3 aromatic rings. The maximum Gasteiger partial charge on any atom is 0.342 e. The molecule has 0 bridgehead atoms. The van der Waals surface area contributed by atoms with Gasteiger partial charge in [0.2, 0.25) is 0 Å². The zero-order valence-corrected chi connectivity index (χ0v) is 15.2. The molecule has 0 radical (unpaired) electrons. The van der Waals surface area contributed by atoms with E-state index >= 15 is 0 Å². The first-order valence-corrected chi connectivity index (χ1v) is 9.18. The number of hydrogen-bond acceptors (Lipinski definition) is 6. The molecule has 1 fully saturated rings. The van der Waals surface area contributed by atoms with E-state index in [2.05, 4.69) is 4.98 Å². The van der Waals surface area contributed by atoms with Crippen LogP contribution >= 0.6 is 0 Å². The molecule has 2 aromatic heterocycles. The summed E-state index contributed by atoms with van der Waals surface area (Å²) in [6, 6.07) is 13.6. The highest BCUT2D eigenvalue weighted by atomic mass is 16.5. The second-order valence-corrected chi connectivity index (χ2v) is 6.53. The summed E-state index contributed by atoms with van der Waals surface area (Å²) in [7, 11) is 0. The van der Waals surface area contributed by atoms with Crippen LogP contribution in [0.2, 0.25) is 0 Å². The summed E-state index contributed by atoms with van der Waals surface area (Å²) in [5.74, 6) is -0.0764. The van der Waals surface area contributed by atoms with Crippen LogP contribution in [0.3, 0.4) is 0 Å². The van der Waals surface area contributed by atoms with Gasteiger partial charge in [0.15, 0.2) is 0 Å². The minimum Gasteiger partial charge on any atom is -0.490 e. The van der Waals surface area contributed by atoms with E-state index in [-0.39, 0.29) is 18.3 Å². The van der Waals surface area contributed by atoms with Crippen molar-refractivity contribution in [3.05, 3.63) is 76.3 Å². The fourth-order valence-corrected chi connectivity index (χ4v) is 3.11. The van der Waals surface area contributed by atoms with E-state index in [4.69, 9.17) is 14.2 Å². The highest BCUT2D eigenvalue weighted by molar-refractivity contribution is 5.92. The van der Waals surface area contributed by atoms with Gasteiger partial charge in [0.25, 0.3) is 5.56 Å². The fraction of sp³-hybridized carbons (Fsp3) is 0.286. The van der Waals surface area contributed by atoms with Crippen molar-refractivity contribution in [2.75, 3.05) is 13.2 Å². The van der Waals surface area contributed by atoms with Gasteiger partial charge in [-0.05, 0) is 37.1 Å². The van der Waals surface area contributed by atoms with Crippen molar-refractivity contribution in [1.29, 1.82) is 0 Å². The Labute approximate surface area is 161 Å². The van der Waals surface area contributed by atoms with Crippen LogP contribution in [0.25, 0.3) is 5.65 Å².